The number of ether oxygens (including phenoxy) is 1. The first-order valence-corrected chi connectivity index (χ1v) is 5.51. The second kappa shape index (κ2) is 4.86. The lowest BCUT2D eigenvalue weighted by molar-refractivity contribution is 0.398. The van der Waals surface area contributed by atoms with Crippen molar-refractivity contribution in [3.05, 3.63) is 30.6 Å². The van der Waals surface area contributed by atoms with Crippen LogP contribution in [0.3, 0.4) is 0 Å². The van der Waals surface area contributed by atoms with Gasteiger partial charge < -0.3 is 10.1 Å². The number of nitrogens with one attached hydrogen (secondary N) is 1. The molecule has 2 aromatic rings. The lowest BCUT2D eigenvalue weighted by Gasteiger charge is -2.05. The Labute approximate surface area is 100 Å². The van der Waals surface area contributed by atoms with E-state index in [1.807, 2.05) is 29.1 Å². The second-order valence-corrected chi connectivity index (χ2v) is 3.99. The third-order valence-electron chi connectivity index (χ3n) is 2.34. The van der Waals surface area contributed by atoms with Gasteiger partial charge >= 0.3 is 0 Å². The van der Waals surface area contributed by atoms with E-state index in [4.69, 9.17) is 4.74 Å². The topological polar surface area (TPSA) is 52.0 Å². The molecule has 0 aliphatic rings. The van der Waals surface area contributed by atoms with Crippen molar-refractivity contribution in [2.75, 3.05) is 12.4 Å². The monoisotopic (exact) mass is 232 g/mol. The molecule has 2 aromatic heterocycles. The smallest absolute Gasteiger partial charge is 0.214 e. The van der Waals surface area contributed by atoms with Crippen LogP contribution in [0.5, 0.6) is 5.88 Å². The maximum Gasteiger partial charge on any atom is 0.214 e. The SMILES string of the molecule is COc1cccc(Nc2cnn(C(C)C)c2)n1. The second-order valence-electron chi connectivity index (χ2n) is 3.99. The number of hydrogen-bond acceptors (Lipinski definition) is 4. The average molecular weight is 232 g/mol. The summed E-state index contributed by atoms with van der Waals surface area (Å²) in [4.78, 5) is 4.27. The first-order valence-electron chi connectivity index (χ1n) is 5.51. The van der Waals surface area contributed by atoms with Crippen LogP contribution in [0.15, 0.2) is 30.6 Å². The van der Waals surface area contributed by atoms with Crippen molar-refractivity contribution in [1.29, 1.82) is 0 Å². The van der Waals surface area contributed by atoms with Gasteiger partial charge in [-0.2, -0.15) is 10.1 Å². The zero-order valence-electron chi connectivity index (χ0n) is 10.2. The Balaban J connectivity index is 2.13. The Morgan fingerprint density at radius 3 is 2.82 bits per heavy atom. The van der Waals surface area contributed by atoms with Crippen LogP contribution in [0.2, 0.25) is 0 Å². The molecule has 2 heterocycles. The average Bonchev–Trinajstić information content (AvgIpc) is 2.78. The van der Waals surface area contributed by atoms with Crippen LogP contribution in [-0.2, 0) is 0 Å². The molecule has 0 aromatic carbocycles. The minimum atomic E-state index is 0.351. The molecule has 1 N–H and O–H groups in total. The van der Waals surface area contributed by atoms with E-state index in [-0.39, 0.29) is 0 Å². The van der Waals surface area contributed by atoms with Crippen molar-refractivity contribution in [3.63, 3.8) is 0 Å². The number of rotatable bonds is 4. The zero-order chi connectivity index (χ0) is 12.3. The highest BCUT2D eigenvalue weighted by Crippen LogP contribution is 2.17. The lowest BCUT2D eigenvalue weighted by Crippen LogP contribution is -2.00. The summed E-state index contributed by atoms with van der Waals surface area (Å²) in [5, 5.41) is 7.43. The molecule has 2 rings (SSSR count). The predicted octanol–water partition coefficient (Wildman–Crippen LogP) is 2.61. The van der Waals surface area contributed by atoms with E-state index in [1.54, 1.807) is 13.3 Å². The summed E-state index contributed by atoms with van der Waals surface area (Å²) >= 11 is 0. The fraction of sp³-hybridized carbons (Fsp3) is 0.333. The molecule has 0 amide bonds. The van der Waals surface area contributed by atoms with Gasteiger partial charge in [-0.25, -0.2) is 0 Å². The van der Waals surface area contributed by atoms with Gasteiger partial charge in [0.1, 0.15) is 5.82 Å². The molecule has 5 nitrogen and oxygen atoms in total. The van der Waals surface area contributed by atoms with Gasteiger partial charge in [0.05, 0.1) is 19.0 Å². The van der Waals surface area contributed by atoms with Crippen molar-refractivity contribution in [1.82, 2.24) is 14.8 Å². The number of methoxy groups -OCH3 is 1. The molecule has 90 valence electrons. The summed E-state index contributed by atoms with van der Waals surface area (Å²) in [5.41, 5.74) is 0.916. The highest BCUT2D eigenvalue weighted by atomic mass is 16.5. The van der Waals surface area contributed by atoms with Crippen LogP contribution in [0.4, 0.5) is 11.5 Å². The number of aromatic nitrogens is 3. The van der Waals surface area contributed by atoms with Crippen molar-refractivity contribution < 1.29 is 4.74 Å². The summed E-state index contributed by atoms with van der Waals surface area (Å²) < 4.78 is 6.96. The molecule has 5 heteroatoms. The molecule has 0 atom stereocenters. The third kappa shape index (κ3) is 2.75. The van der Waals surface area contributed by atoms with Gasteiger partial charge in [-0.15, -0.1) is 0 Å². The Morgan fingerprint density at radius 1 is 1.35 bits per heavy atom. The van der Waals surface area contributed by atoms with Crippen LogP contribution in [0.1, 0.15) is 19.9 Å². The minimum absolute atomic E-state index is 0.351. The molecular formula is C12H16N4O. The van der Waals surface area contributed by atoms with Crippen molar-refractivity contribution in [2.24, 2.45) is 0 Å². The van der Waals surface area contributed by atoms with Gasteiger partial charge in [0, 0.05) is 18.3 Å². The number of anilines is 2. The normalized spacial score (nSPS) is 10.6. The molecule has 0 unspecified atom stereocenters. The molecule has 0 fully saturated rings. The molecule has 0 saturated carbocycles. The minimum Gasteiger partial charge on any atom is -0.481 e. The van der Waals surface area contributed by atoms with Gasteiger partial charge in [0.15, 0.2) is 0 Å². The van der Waals surface area contributed by atoms with Crippen molar-refractivity contribution >= 4 is 11.5 Å². The Hall–Kier alpha value is -2.04. The highest BCUT2D eigenvalue weighted by Gasteiger charge is 2.03. The summed E-state index contributed by atoms with van der Waals surface area (Å²) in [7, 11) is 1.60. The van der Waals surface area contributed by atoms with Crippen molar-refractivity contribution in [3.8, 4) is 5.88 Å². The molecule has 0 bridgehead atoms. The molecular weight excluding hydrogens is 216 g/mol. The maximum atomic E-state index is 5.06. The fourth-order valence-corrected chi connectivity index (χ4v) is 1.43. The first-order chi connectivity index (χ1) is 8.19. The van der Waals surface area contributed by atoms with Gasteiger partial charge in [-0.05, 0) is 19.9 Å². The van der Waals surface area contributed by atoms with E-state index in [0.29, 0.717) is 11.9 Å². The first kappa shape index (κ1) is 11.4. The highest BCUT2D eigenvalue weighted by molar-refractivity contribution is 5.54. The summed E-state index contributed by atoms with van der Waals surface area (Å²) in [6, 6.07) is 5.93. The summed E-state index contributed by atoms with van der Waals surface area (Å²) in [5.74, 6) is 1.33. The zero-order valence-corrected chi connectivity index (χ0v) is 10.2. The largest absolute Gasteiger partial charge is 0.481 e. The Morgan fingerprint density at radius 2 is 2.18 bits per heavy atom. The van der Waals surface area contributed by atoms with Gasteiger partial charge in [0.2, 0.25) is 5.88 Å². The molecule has 0 aliphatic carbocycles. The van der Waals surface area contributed by atoms with E-state index in [2.05, 4.69) is 29.2 Å². The number of hydrogen-bond donors (Lipinski definition) is 1. The van der Waals surface area contributed by atoms with Crippen LogP contribution in [0.25, 0.3) is 0 Å². The van der Waals surface area contributed by atoms with Gasteiger partial charge in [0.25, 0.3) is 0 Å². The fourth-order valence-electron chi connectivity index (χ4n) is 1.43. The number of pyridine rings is 1. The molecule has 0 radical (unpaired) electrons. The maximum absolute atomic E-state index is 5.06. The van der Waals surface area contributed by atoms with Crippen LogP contribution < -0.4 is 10.1 Å². The van der Waals surface area contributed by atoms with E-state index in [9.17, 15) is 0 Å². The summed E-state index contributed by atoms with van der Waals surface area (Å²) in [6.45, 7) is 4.17. The predicted molar refractivity (Wildman–Crippen MR) is 66.7 cm³/mol. The quantitative estimate of drug-likeness (QED) is 0.880. The number of nitrogens with zero attached hydrogens (tertiary/aromatic N) is 3. The van der Waals surface area contributed by atoms with Crippen LogP contribution >= 0.6 is 0 Å². The van der Waals surface area contributed by atoms with E-state index in [1.165, 1.54) is 0 Å². The van der Waals surface area contributed by atoms with E-state index in [0.717, 1.165) is 11.5 Å². The molecule has 0 saturated heterocycles. The lowest BCUT2D eigenvalue weighted by atomic mass is 10.4. The van der Waals surface area contributed by atoms with E-state index < -0.39 is 0 Å². The van der Waals surface area contributed by atoms with Crippen LogP contribution in [0, 0.1) is 0 Å². The Kier molecular flexibility index (Phi) is 3.27. The third-order valence-corrected chi connectivity index (χ3v) is 2.34. The van der Waals surface area contributed by atoms with Gasteiger partial charge in [-0.3, -0.25) is 4.68 Å². The standard InChI is InChI=1S/C12H16N4O/c1-9(2)16-8-10(7-13-16)14-11-5-4-6-12(15-11)17-3/h4-9H,1-3H3,(H,14,15). The molecule has 17 heavy (non-hydrogen) atoms. The molecule has 0 spiro atoms. The Bertz CT molecular complexity index is 493. The van der Waals surface area contributed by atoms with Crippen molar-refractivity contribution in [2.45, 2.75) is 19.9 Å². The van der Waals surface area contributed by atoms with Gasteiger partial charge in [-0.1, -0.05) is 6.07 Å². The van der Waals surface area contributed by atoms with E-state index >= 15 is 0 Å². The van der Waals surface area contributed by atoms with Crippen LogP contribution in [-0.4, -0.2) is 21.9 Å². The summed E-state index contributed by atoms with van der Waals surface area (Å²) in [6.07, 6.45) is 3.73. The molecule has 0 aliphatic heterocycles.